The second kappa shape index (κ2) is 55.1. The molecule has 0 radical (unpaired) electrons. The highest BCUT2D eigenvalue weighted by molar-refractivity contribution is 6.27. The van der Waals surface area contributed by atoms with Crippen LogP contribution in [0.5, 0.6) is 103 Å². The Labute approximate surface area is 815 Å². The van der Waals surface area contributed by atoms with Gasteiger partial charge in [0.2, 0.25) is 0 Å². The second-order valence-electron chi connectivity index (χ2n) is 35.7. The molecule has 10 aromatic carbocycles. The normalized spacial score (nSPS) is 12.6. The molecule has 138 heavy (non-hydrogen) atoms. The van der Waals surface area contributed by atoms with Crippen LogP contribution in [0.2, 0.25) is 0 Å². The molecule has 0 aromatic heterocycles. The van der Waals surface area contributed by atoms with E-state index in [0.29, 0.717) is 34.5 Å². The lowest BCUT2D eigenvalue weighted by molar-refractivity contribution is 0.0682. The first-order chi connectivity index (χ1) is 66.8. The number of hydrogen-bond donors (Lipinski definition) is 0. The molecule has 0 aliphatic heterocycles. The van der Waals surface area contributed by atoms with Crippen molar-refractivity contribution in [2.75, 3.05) is 42.7 Å². The minimum atomic E-state index is -0.938. The van der Waals surface area contributed by atoms with Gasteiger partial charge in [-0.15, -0.1) is 0 Å². The molecule has 0 spiro atoms. The summed E-state index contributed by atoms with van der Waals surface area (Å²) >= 11 is 0. The Morgan fingerprint density at radius 1 is 0.181 bits per heavy atom. The van der Waals surface area contributed by atoms with Crippen molar-refractivity contribution in [2.24, 2.45) is 0 Å². The second-order valence-corrected chi connectivity index (χ2v) is 35.7. The van der Waals surface area contributed by atoms with E-state index >= 15 is 28.8 Å². The maximum Gasteiger partial charge on any atom is 0.343 e. The third-order valence-electron chi connectivity index (χ3n) is 24.5. The molecule has 0 saturated heterocycles. The third-order valence-corrected chi connectivity index (χ3v) is 24.5. The summed E-state index contributed by atoms with van der Waals surface area (Å²) in [5, 5.41) is 1.14. The predicted octanol–water partition coefficient (Wildman–Crippen LogP) is 28.9. The summed E-state index contributed by atoms with van der Waals surface area (Å²) in [6.45, 7) is 24.8. The zero-order valence-corrected chi connectivity index (χ0v) is 84.3. The van der Waals surface area contributed by atoms with Crippen LogP contribution < -0.4 is 85.3 Å². The summed E-state index contributed by atoms with van der Waals surface area (Å²) < 4.78 is 113. The Hall–Kier alpha value is -12.6. The molecule has 6 atom stereocenters. The number of ether oxygens (including phenoxy) is 18. The van der Waals surface area contributed by atoms with Crippen molar-refractivity contribution < 1.29 is 114 Å². The van der Waals surface area contributed by atoms with Gasteiger partial charge in [0.05, 0.1) is 113 Å². The smallest absolute Gasteiger partial charge is 0.343 e. The lowest BCUT2D eigenvalue weighted by Gasteiger charge is -2.20. The molecule has 0 bridgehead atoms. The molecule has 0 heterocycles. The minimum Gasteiger partial charge on any atom is -0.493 e. The molecular formula is C114H144O24. The van der Waals surface area contributed by atoms with Crippen LogP contribution in [-0.4, -0.2) is 115 Å². The van der Waals surface area contributed by atoms with Crippen molar-refractivity contribution in [1.82, 2.24) is 0 Å². The summed E-state index contributed by atoms with van der Waals surface area (Å²) in [6.07, 6.45) is 28.4. The highest BCUT2D eigenvalue weighted by Crippen LogP contribution is 2.50. The molecule has 6 unspecified atom stereocenters. The summed E-state index contributed by atoms with van der Waals surface area (Å²) in [4.78, 5) is 92.6. The molecule has 744 valence electrons. The number of methoxy groups -OCH3 is 6. The highest BCUT2D eigenvalue weighted by atomic mass is 16.6. The van der Waals surface area contributed by atoms with Crippen LogP contribution in [0, 0.1) is 0 Å². The number of esters is 6. The Morgan fingerprint density at radius 2 is 0.319 bits per heavy atom. The van der Waals surface area contributed by atoms with Crippen LogP contribution in [0.25, 0.3) is 32.3 Å². The Bertz CT molecular complexity index is 4760. The van der Waals surface area contributed by atoms with Crippen LogP contribution in [0.1, 0.15) is 338 Å². The zero-order chi connectivity index (χ0) is 99.2. The van der Waals surface area contributed by atoms with Gasteiger partial charge in [-0.1, -0.05) is 157 Å². The van der Waals surface area contributed by atoms with Gasteiger partial charge in [0.1, 0.15) is 0 Å². The summed E-state index contributed by atoms with van der Waals surface area (Å²) in [5.41, 5.74) is 0.0143. The average Bonchev–Trinajstić information content (AvgIpc) is 0.719. The number of fused-ring (bicyclic) bond motifs is 6. The van der Waals surface area contributed by atoms with Crippen molar-refractivity contribution in [2.45, 2.75) is 312 Å². The minimum absolute atomic E-state index is 0.00239. The third kappa shape index (κ3) is 30.7. The Kier molecular flexibility index (Phi) is 42.9. The van der Waals surface area contributed by atoms with Crippen LogP contribution in [0.3, 0.4) is 0 Å². The van der Waals surface area contributed by atoms with Gasteiger partial charge in [-0.05, 0) is 297 Å². The van der Waals surface area contributed by atoms with E-state index in [0.717, 1.165) is 193 Å². The molecule has 24 heteroatoms. The number of hydrogen-bond acceptors (Lipinski definition) is 24. The molecule has 0 fully saturated rings. The molecule has 24 nitrogen and oxygen atoms in total. The van der Waals surface area contributed by atoms with E-state index in [1.165, 1.54) is 152 Å². The largest absolute Gasteiger partial charge is 0.493 e. The van der Waals surface area contributed by atoms with Gasteiger partial charge in [0.25, 0.3) is 0 Å². The van der Waals surface area contributed by atoms with Gasteiger partial charge in [0.15, 0.2) is 103 Å². The first kappa shape index (κ1) is 107. The van der Waals surface area contributed by atoms with E-state index in [1.54, 1.807) is 36.4 Å². The fraction of sp³-hybridized carbons (Fsp3) is 0.474. The molecule has 0 saturated carbocycles. The molecule has 0 N–H and O–H groups in total. The fourth-order valence-electron chi connectivity index (χ4n) is 16.6. The van der Waals surface area contributed by atoms with Gasteiger partial charge >= 0.3 is 35.8 Å². The van der Waals surface area contributed by atoms with E-state index in [-0.39, 0.29) is 171 Å². The van der Waals surface area contributed by atoms with Gasteiger partial charge < -0.3 is 85.3 Å². The molecule has 10 aromatic rings. The van der Waals surface area contributed by atoms with E-state index in [9.17, 15) is 0 Å². The molecule has 0 aliphatic rings. The maximum absolute atomic E-state index is 15.4. The predicted molar refractivity (Wildman–Crippen MR) is 540 cm³/mol. The summed E-state index contributed by atoms with van der Waals surface area (Å²) in [7, 11) is 8.79. The van der Waals surface area contributed by atoms with Crippen molar-refractivity contribution in [3.8, 4) is 103 Å². The van der Waals surface area contributed by atoms with Gasteiger partial charge in [-0.2, -0.15) is 0 Å². The van der Waals surface area contributed by atoms with E-state index < -0.39 is 35.8 Å². The van der Waals surface area contributed by atoms with Gasteiger partial charge in [-0.3, -0.25) is 0 Å². The average molecular weight is 1900 g/mol. The molecule has 10 rings (SSSR count). The van der Waals surface area contributed by atoms with E-state index in [1.807, 2.05) is 41.5 Å². The lowest BCUT2D eigenvalue weighted by atomic mass is 9.93. The quantitative estimate of drug-likeness (QED) is 0.0148. The first-order valence-electron chi connectivity index (χ1n) is 49.8. The number of benzene rings is 10. The van der Waals surface area contributed by atoms with Crippen LogP contribution in [0.15, 0.2) is 146 Å². The van der Waals surface area contributed by atoms with Crippen molar-refractivity contribution >= 4 is 68.1 Å². The van der Waals surface area contributed by atoms with Crippen molar-refractivity contribution in [3.63, 3.8) is 0 Å². The molecular weight excluding hydrogens is 1750 g/mol. The summed E-state index contributed by atoms with van der Waals surface area (Å²) in [5.74, 6) is -3.86. The molecule has 0 aliphatic carbocycles. The Morgan fingerprint density at radius 3 is 0.442 bits per heavy atom. The monoisotopic (exact) mass is 1900 g/mol. The summed E-state index contributed by atoms with van der Waals surface area (Å²) in [6, 6.07) is 36.7. The topological polar surface area (TPSA) is 269 Å². The lowest BCUT2D eigenvalue weighted by Crippen LogP contribution is -2.15. The number of carbonyl (C=O) groups is 6. The van der Waals surface area contributed by atoms with Crippen LogP contribution >= 0.6 is 0 Å². The zero-order valence-electron chi connectivity index (χ0n) is 84.3. The molecule has 0 amide bonds. The Balaban J connectivity index is 1.26. The maximum atomic E-state index is 15.4. The van der Waals surface area contributed by atoms with Crippen LogP contribution in [0.4, 0.5) is 0 Å². The van der Waals surface area contributed by atoms with Crippen LogP contribution in [-0.2, 0) is 0 Å². The number of rotatable bonds is 60. The van der Waals surface area contributed by atoms with Gasteiger partial charge in [0, 0.05) is 0 Å². The fourth-order valence-corrected chi connectivity index (χ4v) is 16.6. The SMILES string of the molecule is CCCCCCC(C)Oc1ccc(C(=O)Oc2cc3c4cc(OC(=O)c5ccc(OC(C)CCCCCC)c(OC)c5)c(OC(=O)c5ccc(OC(C)CCCCCC)c(OC)c5)cc4c4cc(OC(=O)c5ccc(OC(C)CCCCCC)c(OC)c5)c(OC(=O)c5ccc(OC(C)CCCCCC)c(OC)c5)cc4c3cc2OC(=O)c2ccc(OC(C)CCCCCC)c(OC)c2)cc1OC. The van der Waals surface area contributed by atoms with Crippen molar-refractivity contribution in [3.05, 3.63) is 179 Å². The number of unbranched alkanes of at least 4 members (excludes halogenated alkanes) is 18. The number of carbonyl (C=O) groups excluding carboxylic acids is 6. The van der Waals surface area contributed by atoms with E-state index in [2.05, 4.69) is 41.5 Å². The first-order valence-corrected chi connectivity index (χ1v) is 49.8. The van der Waals surface area contributed by atoms with Gasteiger partial charge in [-0.25, -0.2) is 28.8 Å². The van der Waals surface area contributed by atoms with E-state index in [4.69, 9.17) is 85.3 Å². The standard InChI is InChI=1S/C114H144O24/c1-19-25-31-37-43-73(7)127-91-55-49-79(61-97(91)121-13)109(115)133-103-67-85-86(68-104(103)134-110(116)80-50-56-92(98(62-80)122-14)128-74(8)44-38-32-26-20-2)88-70-106(136-112(118)82-52-58-94(100(64-82)124-16)130-76(10)46-40-34-28-22-4)108(138-114(120)84-54-60-96(102(66-84)126-18)132-78(12)48-42-36-30-24-6)72-90(88)89-71-107(137-113(119)83-53-59-95(101(65-83)125-17)131-77(11)47-41-35-29-23-5)105(69-87(85)89)135-111(117)81-51-57-93(99(63-81)123-15)129-75(9)45-39-33-27-21-3/h49-78H,19-48H2,1-18H3. The highest BCUT2D eigenvalue weighted by Gasteiger charge is 2.31. The van der Waals surface area contributed by atoms with Crippen molar-refractivity contribution in [1.29, 1.82) is 0 Å².